The van der Waals surface area contributed by atoms with Gasteiger partial charge in [0.2, 0.25) is 5.91 Å². The van der Waals surface area contributed by atoms with Crippen molar-refractivity contribution in [3.8, 4) is 16.9 Å². The molecular formula is C31H39F2N3O3Si. The predicted molar refractivity (Wildman–Crippen MR) is 155 cm³/mol. The molecule has 1 fully saturated rings. The number of rotatable bonds is 9. The molecule has 1 amide bonds. The zero-order valence-electron chi connectivity index (χ0n) is 24.2. The summed E-state index contributed by atoms with van der Waals surface area (Å²) in [5.41, 5.74) is 5.09. The summed E-state index contributed by atoms with van der Waals surface area (Å²) in [5, 5.41) is 7.72. The van der Waals surface area contributed by atoms with Gasteiger partial charge < -0.3 is 14.8 Å². The van der Waals surface area contributed by atoms with Crippen molar-refractivity contribution in [1.82, 2.24) is 9.78 Å². The molecule has 2 heterocycles. The monoisotopic (exact) mass is 567 g/mol. The highest BCUT2D eigenvalue weighted by molar-refractivity contribution is 6.76. The van der Waals surface area contributed by atoms with Crippen molar-refractivity contribution >= 4 is 19.7 Å². The fraction of sp³-hybridized carbons (Fsp3) is 0.484. The van der Waals surface area contributed by atoms with Crippen LogP contribution in [0.2, 0.25) is 25.7 Å². The first-order valence-corrected chi connectivity index (χ1v) is 17.7. The van der Waals surface area contributed by atoms with Crippen molar-refractivity contribution in [2.45, 2.75) is 71.9 Å². The zero-order chi connectivity index (χ0) is 28.8. The van der Waals surface area contributed by atoms with Crippen LogP contribution < -0.4 is 10.1 Å². The Morgan fingerprint density at radius 2 is 1.85 bits per heavy atom. The van der Waals surface area contributed by atoms with Gasteiger partial charge in [-0.2, -0.15) is 5.10 Å². The SMILES string of the molecule is Cc1nn(COCC[Si](C)(C)C)c(C)c1-c1ccc(NC(=O)[C@@H](C)C2c3cc(F)c(F)cc3OCC23CC3)cc1. The van der Waals surface area contributed by atoms with Crippen molar-refractivity contribution in [3.63, 3.8) is 0 Å². The number of nitrogens with zero attached hydrogens (tertiary/aromatic N) is 2. The molecule has 214 valence electrons. The lowest BCUT2D eigenvalue weighted by molar-refractivity contribution is -0.121. The van der Waals surface area contributed by atoms with Gasteiger partial charge in [0.1, 0.15) is 12.5 Å². The van der Waals surface area contributed by atoms with Crippen LogP contribution in [0.25, 0.3) is 11.1 Å². The van der Waals surface area contributed by atoms with Gasteiger partial charge in [-0.1, -0.05) is 38.7 Å². The molecule has 2 aliphatic rings. The van der Waals surface area contributed by atoms with Crippen LogP contribution in [0.4, 0.5) is 14.5 Å². The van der Waals surface area contributed by atoms with Gasteiger partial charge in [0.15, 0.2) is 11.6 Å². The molecule has 2 atom stereocenters. The fourth-order valence-electron chi connectivity index (χ4n) is 5.87. The van der Waals surface area contributed by atoms with Crippen molar-refractivity contribution in [1.29, 1.82) is 0 Å². The summed E-state index contributed by atoms with van der Waals surface area (Å²) in [6.07, 6.45) is 1.80. The average molecular weight is 568 g/mol. The lowest BCUT2D eigenvalue weighted by atomic mass is 9.73. The van der Waals surface area contributed by atoms with Gasteiger partial charge in [0.05, 0.1) is 12.3 Å². The molecule has 6 nitrogen and oxygen atoms in total. The van der Waals surface area contributed by atoms with Gasteiger partial charge in [0, 0.05) is 60.5 Å². The van der Waals surface area contributed by atoms with Gasteiger partial charge in [-0.25, -0.2) is 13.5 Å². The number of halogens is 2. The molecule has 1 N–H and O–H groups in total. The number of hydrogen-bond acceptors (Lipinski definition) is 4. The fourth-order valence-corrected chi connectivity index (χ4v) is 6.62. The summed E-state index contributed by atoms with van der Waals surface area (Å²) in [6, 6.07) is 11.2. The first kappa shape index (κ1) is 28.5. The smallest absolute Gasteiger partial charge is 0.227 e. The molecule has 9 heteroatoms. The standard InChI is InChI=1S/C31H39F2N3O3Si/c1-19(29-24-15-25(32)26(33)16-27(24)39-17-31(29)11-12-31)30(37)34-23-9-7-22(8-10-23)28-20(2)35-36(21(28)3)18-38-13-14-40(4,5)6/h7-10,15-16,19,29H,11-14,17-18H2,1-6H3,(H,34,37)/t19-,29?/m0/s1. The summed E-state index contributed by atoms with van der Waals surface area (Å²) in [5.74, 6) is -2.36. The molecule has 1 saturated carbocycles. The second-order valence-electron chi connectivity index (χ2n) is 12.7. The zero-order valence-corrected chi connectivity index (χ0v) is 25.2. The van der Waals surface area contributed by atoms with Gasteiger partial charge in [0.25, 0.3) is 0 Å². The molecule has 40 heavy (non-hydrogen) atoms. The number of amides is 1. The lowest BCUT2D eigenvalue weighted by Gasteiger charge is -2.37. The number of hydrogen-bond donors (Lipinski definition) is 1. The molecule has 1 aromatic heterocycles. The van der Waals surface area contributed by atoms with Crippen LogP contribution in [0.3, 0.4) is 0 Å². The molecule has 3 aromatic rings. The average Bonchev–Trinajstić information content (AvgIpc) is 3.60. The molecule has 0 radical (unpaired) electrons. The molecule has 1 aliphatic heterocycles. The van der Waals surface area contributed by atoms with Crippen LogP contribution >= 0.6 is 0 Å². The van der Waals surface area contributed by atoms with Crippen LogP contribution in [0.5, 0.6) is 5.75 Å². The van der Waals surface area contributed by atoms with E-state index in [-0.39, 0.29) is 17.2 Å². The summed E-state index contributed by atoms with van der Waals surface area (Å²) in [7, 11) is -1.14. The number of nitrogens with one attached hydrogen (secondary N) is 1. The third-order valence-corrected chi connectivity index (χ3v) is 10.1. The molecule has 5 rings (SSSR count). The summed E-state index contributed by atoms with van der Waals surface area (Å²) < 4.78 is 41.6. The maximum atomic E-state index is 14.2. The van der Waals surface area contributed by atoms with Gasteiger partial charge in [-0.05, 0) is 56.5 Å². The Bertz CT molecular complexity index is 1410. The number of ether oxygens (including phenoxy) is 2. The molecule has 0 saturated heterocycles. The van der Waals surface area contributed by atoms with E-state index >= 15 is 0 Å². The van der Waals surface area contributed by atoms with E-state index in [9.17, 15) is 13.6 Å². The van der Waals surface area contributed by atoms with E-state index in [4.69, 9.17) is 9.47 Å². The Morgan fingerprint density at radius 3 is 2.50 bits per heavy atom. The first-order valence-electron chi connectivity index (χ1n) is 14.0. The molecular weight excluding hydrogens is 528 g/mol. The number of anilines is 1. The molecule has 1 spiro atoms. The van der Waals surface area contributed by atoms with Crippen LogP contribution in [-0.2, 0) is 16.3 Å². The number of carbonyl (C=O) groups is 1. The Labute approximate surface area is 236 Å². The number of aromatic nitrogens is 2. The number of benzene rings is 2. The van der Waals surface area contributed by atoms with Crippen molar-refractivity contribution < 1.29 is 23.0 Å². The normalized spacial score (nSPS) is 18.2. The Hall–Kier alpha value is -3.04. The molecule has 0 bridgehead atoms. The van der Waals surface area contributed by atoms with Gasteiger partial charge >= 0.3 is 0 Å². The number of aryl methyl sites for hydroxylation is 1. The topological polar surface area (TPSA) is 65.4 Å². The van der Waals surface area contributed by atoms with Crippen molar-refractivity contribution in [2.75, 3.05) is 18.5 Å². The minimum absolute atomic E-state index is 0.155. The second kappa shape index (κ2) is 10.7. The van der Waals surface area contributed by atoms with E-state index < -0.39 is 25.6 Å². The third-order valence-electron chi connectivity index (χ3n) is 8.40. The highest BCUT2D eigenvalue weighted by Crippen LogP contribution is 2.62. The van der Waals surface area contributed by atoms with Crippen molar-refractivity contribution in [2.24, 2.45) is 11.3 Å². The molecule has 2 aromatic carbocycles. The van der Waals surface area contributed by atoms with Crippen LogP contribution in [0.1, 0.15) is 42.6 Å². The molecule has 1 aliphatic carbocycles. The minimum atomic E-state index is -1.14. The highest BCUT2D eigenvalue weighted by atomic mass is 28.3. The lowest BCUT2D eigenvalue weighted by Crippen LogP contribution is -2.36. The van der Waals surface area contributed by atoms with E-state index in [0.717, 1.165) is 54.1 Å². The quantitative estimate of drug-likeness (QED) is 0.218. The first-order chi connectivity index (χ1) is 18.9. The van der Waals surface area contributed by atoms with E-state index in [2.05, 4.69) is 30.1 Å². The van der Waals surface area contributed by atoms with Gasteiger partial charge in [-0.15, -0.1) is 0 Å². The van der Waals surface area contributed by atoms with Gasteiger partial charge in [-0.3, -0.25) is 4.79 Å². The van der Waals surface area contributed by atoms with Crippen LogP contribution in [0, 0.1) is 36.8 Å². The van der Waals surface area contributed by atoms with Crippen molar-refractivity contribution in [3.05, 3.63) is 65.0 Å². The summed E-state index contributed by atoms with van der Waals surface area (Å²) >= 11 is 0. The molecule has 1 unspecified atom stereocenters. The number of fused-ring (bicyclic) bond motifs is 1. The largest absolute Gasteiger partial charge is 0.493 e. The number of carbonyl (C=O) groups excluding carboxylic acids is 1. The Balaban J connectivity index is 1.28. The van der Waals surface area contributed by atoms with E-state index in [1.165, 1.54) is 6.07 Å². The minimum Gasteiger partial charge on any atom is -0.493 e. The van der Waals surface area contributed by atoms with E-state index in [1.807, 2.05) is 49.7 Å². The maximum Gasteiger partial charge on any atom is 0.227 e. The second-order valence-corrected chi connectivity index (χ2v) is 18.3. The Kier molecular flexibility index (Phi) is 7.65. The predicted octanol–water partition coefficient (Wildman–Crippen LogP) is 7.29. The van der Waals surface area contributed by atoms with E-state index in [0.29, 0.717) is 30.3 Å². The highest BCUT2D eigenvalue weighted by Gasteiger charge is 2.56. The third kappa shape index (κ3) is 5.72. The Morgan fingerprint density at radius 1 is 1.18 bits per heavy atom. The summed E-state index contributed by atoms with van der Waals surface area (Å²) in [6.45, 7) is 14.5. The summed E-state index contributed by atoms with van der Waals surface area (Å²) in [4.78, 5) is 13.4. The van der Waals surface area contributed by atoms with E-state index in [1.54, 1.807) is 0 Å². The van der Waals surface area contributed by atoms with Crippen LogP contribution in [-0.4, -0.2) is 37.0 Å². The maximum absolute atomic E-state index is 14.2. The van der Waals surface area contributed by atoms with Crippen LogP contribution in [0.15, 0.2) is 36.4 Å².